The summed E-state index contributed by atoms with van der Waals surface area (Å²) in [7, 11) is 0. The van der Waals surface area contributed by atoms with Gasteiger partial charge in [-0.2, -0.15) is 0 Å². The van der Waals surface area contributed by atoms with Crippen LogP contribution in [0.2, 0.25) is 5.02 Å². The highest BCUT2D eigenvalue weighted by atomic mass is 35.5. The first kappa shape index (κ1) is 13.9. The molecule has 1 atom stereocenters. The number of hydrogen-bond donors (Lipinski definition) is 1. The van der Waals surface area contributed by atoms with Gasteiger partial charge >= 0.3 is 0 Å². The van der Waals surface area contributed by atoms with Crippen LogP contribution in [-0.4, -0.2) is 0 Å². The van der Waals surface area contributed by atoms with Gasteiger partial charge in [0.1, 0.15) is 11.5 Å². The average Bonchev–Trinajstić information content (AvgIpc) is 2.51. The monoisotopic (exact) mass is 297 g/mol. The molecule has 0 aliphatic heterocycles. The van der Waals surface area contributed by atoms with E-state index < -0.39 is 0 Å². The third-order valence-electron chi connectivity index (χ3n) is 3.46. The van der Waals surface area contributed by atoms with Crippen molar-refractivity contribution in [2.45, 2.75) is 13.0 Å². The number of rotatable bonds is 3. The maximum absolute atomic E-state index is 6.24. The lowest BCUT2D eigenvalue weighted by Crippen LogP contribution is -2.06. The number of halogens is 1. The molecule has 3 rings (SSSR count). The van der Waals surface area contributed by atoms with E-state index in [1.165, 1.54) is 0 Å². The minimum absolute atomic E-state index is 0.0836. The Morgan fingerprint density at radius 3 is 2.29 bits per heavy atom. The molecule has 0 unspecified atom stereocenters. The molecule has 2 N–H and O–H groups in total. The number of hydrogen-bond acceptors (Lipinski definition) is 2. The molecular formula is C18H16ClNO. The van der Waals surface area contributed by atoms with Crippen LogP contribution in [0.15, 0.2) is 60.7 Å². The second kappa shape index (κ2) is 5.76. The summed E-state index contributed by atoms with van der Waals surface area (Å²) < 4.78 is 6.10. The van der Waals surface area contributed by atoms with Crippen LogP contribution in [0.25, 0.3) is 10.8 Å². The van der Waals surface area contributed by atoms with Gasteiger partial charge in [-0.05, 0) is 25.1 Å². The van der Waals surface area contributed by atoms with Crippen LogP contribution in [0.1, 0.15) is 18.5 Å². The van der Waals surface area contributed by atoms with E-state index in [0.717, 1.165) is 32.9 Å². The summed E-state index contributed by atoms with van der Waals surface area (Å²) in [4.78, 5) is 0. The van der Waals surface area contributed by atoms with E-state index in [0.29, 0.717) is 0 Å². The topological polar surface area (TPSA) is 35.2 Å². The minimum atomic E-state index is -0.0836. The molecule has 0 aliphatic carbocycles. The summed E-state index contributed by atoms with van der Waals surface area (Å²) >= 11 is 6.24. The van der Waals surface area contributed by atoms with E-state index in [-0.39, 0.29) is 6.04 Å². The van der Waals surface area contributed by atoms with E-state index in [9.17, 15) is 0 Å². The Morgan fingerprint density at radius 1 is 0.857 bits per heavy atom. The molecule has 0 amide bonds. The fourth-order valence-electron chi connectivity index (χ4n) is 2.39. The van der Waals surface area contributed by atoms with Gasteiger partial charge in [-0.1, -0.05) is 54.1 Å². The molecule has 106 valence electrons. The van der Waals surface area contributed by atoms with Crippen LogP contribution in [0.4, 0.5) is 0 Å². The third kappa shape index (κ3) is 2.73. The fourth-order valence-corrected chi connectivity index (χ4v) is 2.62. The predicted octanol–water partition coefficient (Wildman–Crippen LogP) is 5.31. The molecule has 0 aromatic heterocycles. The van der Waals surface area contributed by atoms with Crippen molar-refractivity contribution in [2.24, 2.45) is 5.73 Å². The van der Waals surface area contributed by atoms with Crippen molar-refractivity contribution >= 4 is 22.4 Å². The second-order valence-corrected chi connectivity index (χ2v) is 5.43. The smallest absolute Gasteiger partial charge is 0.135 e. The van der Waals surface area contributed by atoms with Gasteiger partial charge in [0, 0.05) is 27.4 Å². The Kier molecular flexibility index (Phi) is 3.82. The van der Waals surface area contributed by atoms with Crippen molar-refractivity contribution in [3.8, 4) is 11.5 Å². The maximum atomic E-state index is 6.24. The molecule has 3 aromatic carbocycles. The SMILES string of the molecule is C[C@H](N)c1ccccc1Oc1ccc(Cl)c2ccccc12. The van der Waals surface area contributed by atoms with E-state index in [1.54, 1.807) is 0 Å². The zero-order chi connectivity index (χ0) is 14.8. The van der Waals surface area contributed by atoms with Crippen LogP contribution < -0.4 is 10.5 Å². The van der Waals surface area contributed by atoms with Crippen molar-refractivity contribution in [3.05, 3.63) is 71.2 Å². The van der Waals surface area contributed by atoms with Gasteiger partial charge in [-0.3, -0.25) is 0 Å². The van der Waals surface area contributed by atoms with Gasteiger partial charge in [0.2, 0.25) is 0 Å². The quantitative estimate of drug-likeness (QED) is 0.711. The first-order valence-electron chi connectivity index (χ1n) is 6.86. The van der Waals surface area contributed by atoms with Gasteiger partial charge in [0.15, 0.2) is 0 Å². The Bertz CT molecular complexity index is 783. The number of nitrogens with two attached hydrogens (primary N) is 1. The van der Waals surface area contributed by atoms with Crippen molar-refractivity contribution in [1.82, 2.24) is 0 Å². The molecule has 0 bridgehead atoms. The Morgan fingerprint density at radius 2 is 1.52 bits per heavy atom. The standard InChI is InChI=1S/C18H16ClNO/c1-12(20)13-6-4-5-9-17(13)21-18-11-10-16(19)14-7-2-3-8-15(14)18/h2-12H,20H2,1H3/t12-/m0/s1. The molecule has 0 aliphatic rings. The molecule has 2 nitrogen and oxygen atoms in total. The molecule has 3 heteroatoms. The lowest BCUT2D eigenvalue weighted by molar-refractivity contribution is 0.477. The average molecular weight is 298 g/mol. The predicted molar refractivity (Wildman–Crippen MR) is 88.1 cm³/mol. The summed E-state index contributed by atoms with van der Waals surface area (Å²) in [5, 5.41) is 2.69. The third-order valence-corrected chi connectivity index (χ3v) is 3.79. The molecule has 0 saturated heterocycles. The molecular weight excluding hydrogens is 282 g/mol. The van der Waals surface area contributed by atoms with Gasteiger partial charge in [-0.25, -0.2) is 0 Å². The zero-order valence-corrected chi connectivity index (χ0v) is 12.5. The van der Waals surface area contributed by atoms with Crippen LogP contribution >= 0.6 is 11.6 Å². The van der Waals surface area contributed by atoms with E-state index in [4.69, 9.17) is 22.1 Å². The molecule has 21 heavy (non-hydrogen) atoms. The number of fused-ring (bicyclic) bond motifs is 1. The normalized spacial score (nSPS) is 12.3. The summed E-state index contributed by atoms with van der Waals surface area (Å²) in [5.74, 6) is 1.56. The van der Waals surface area contributed by atoms with Gasteiger partial charge in [0.05, 0.1) is 0 Å². The minimum Gasteiger partial charge on any atom is -0.456 e. The molecule has 0 saturated carbocycles. The van der Waals surface area contributed by atoms with Crippen LogP contribution in [0.3, 0.4) is 0 Å². The lowest BCUT2D eigenvalue weighted by atomic mass is 10.1. The van der Waals surface area contributed by atoms with E-state index in [1.807, 2.05) is 67.6 Å². The van der Waals surface area contributed by atoms with Gasteiger partial charge in [0.25, 0.3) is 0 Å². The zero-order valence-electron chi connectivity index (χ0n) is 11.7. The molecule has 0 heterocycles. The largest absolute Gasteiger partial charge is 0.456 e. The fraction of sp³-hybridized carbons (Fsp3) is 0.111. The number of benzene rings is 3. The summed E-state index contributed by atoms with van der Waals surface area (Å²) in [6, 6.07) is 19.4. The number of para-hydroxylation sites is 1. The van der Waals surface area contributed by atoms with Crippen LogP contribution in [0.5, 0.6) is 11.5 Å². The van der Waals surface area contributed by atoms with E-state index in [2.05, 4.69) is 0 Å². The van der Waals surface area contributed by atoms with Gasteiger partial charge < -0.3 is 10.5 Å². The Balaban J connectivity index is 2.09. The van der Waals surface area contributed by atoms with E-state index >= 15 is 0 Å². The van der Waals surface area contributed by atoms with Crippen molar-refractivity contribution in [3.63, 3.8) is 0 Å². The molecule has 0 fully saturated rings. The summed E-state index contributed by atoms with van der Waals surface area (Å²) in [5.41, 5.74) is 6.99. The molecule has 3 aromatic rings. The highest BCUT2D eigenvalue weighted by molar-refractivity contribution is 6.35. The van der Waals surface area contributed by atoms with Crippen LogP contribution in [-0.2, 0) is 0 Å². The lowest BCUT2D eigenvalue weighted by Gasteiger charge is -2.15. The maximum Gasteiger partial charge on any atom is 0.135 e. The van der Waals surface area contributed by atoms with Crippen molar-refractivity contribution in [1.29, 1.82) is 0 Å². The number of ether oxygens (including phenoxy) is 1. The Labute approximate surface area is 129 Å². The van der Waals surface area contributed by atoms with Gasteiger partial charge in [-0.15, -0.1) is 0 Å². The molecule has 0 radical (unpaired) electrons. The summed E-state index contributed by atoms with van der Waals surface area (Å²) in [6.45, 7) is 1.95. The molecule has 0 spiro atoms. The van der Waals surface area contributed by atoms with Crippen molar-refractivity contribution < 1.29 is 4.74 Å². The van der Waals surface area contributed by atoms with Crippen molar-refractivity contribution in [2.75, 3.05) is 0 Å². The Hall–Kier alpha value is -2.03. The van der Waals surface area contributed by atoms with Crippen LogP contribution in [0, 0.1) is 0 Å². The highest BCUT2D eigenvalue weighted by Gasteiger charge is 2.11. The second-order valence-electron chi connectivity index (χ2n) is 5.02. The highest BCUT2D eigenvalue weighted by Crippen LogP contribution is 2.35. The first-order valence-corrected chi connectivity index (χ1v) is 7.24. The first-order chi connectivity index (χ1) is 10.2. The summed E-state index contributed by atoms with van der Waals surface area (Å²) in [6.07, 6.45) is 0.